The molecule has 0 atom stereocenters. The van der Waals surface area contributed by atoms with E-state index in [9.17, 15) is 0 Å². The number of pyridine rings is 2. The number of methoxy groups -OCH3 is 2. The van der Waals surface area contributed by atoms with Gasteiger partial charge in [-0.2, -0.15) is 0 Å². The fraction of sp³-hybridized carbons (Fsp3) is 0.143. The molecule has 0 N–H and O–H groups in total. The van der Waals surface area contributed by atoms with E-state index in [-0.39, 0.29) is 5.41 Å². The van der Waals surface area contributed by atoms with Gasteiger partial charge in [0.15, 0.2) is 0 Å². The molecule has 6 aromatic rings. The number of nitrogens with zero attached hydrogens (tertiary/aromatic N) is 2. The van der Waals surface area contributed by atoms with Crippen molar-refractivity contribution in [3.05, 3.63) is 118 Å². The number of rotatable bonds is 8. The molecule has 6 rings (SSSR count). The molecule has 0 spiro atoms. The van der Waals surface area contributed by atoms with Crippen LogP contribution in [0.3, 0.4) is 0 Å². The zero-order valence-corrected chi connectivity index (χ0v) is 25.5. The maximum Gasteiger partial charge on any atom is 0.145 e. The maximum atomic E-state index is 6.30. The Balaban J connectivity index is 1.22. The van der Waals surface area contributed by atoms with Crippen LogP contribution in [0.4, 0.5) is 0 Å². The third-order valence-electron chi connectivity index (χ3n) is 7.51. The zero-order valence-electron chi connectivity index (χ0n) is 24.0. The second kappa shape index (κ2) is 11.6. The largest absolute Gasteiger partial charge is 0.494 e. The predicted octanol–water partition coefficient (Wildman–Crippen LogP) is 10.0. The van der Waals surface area contributed by atoms with Crippen LogP contribution < -0.4 is 18.9 Å². The van der Waals surface area contributed by atoms with Gasteiger partial charge in [-0.1, -0.05) is 73.4 Å². The summed E-state index contributed by atoms with van der Waals surface area (Å²) < 4.78 is 23.4. The normalized spacial score (nSPS) is 11.5. The molecule has 4 aromatic carbocycles. The number of para-hydroxylation sites is 2. The average molecular weight is 612 g/mol. The van der Waals surface area contributed by atoms with E-state index in [0.717, 1.165) is 21.9 Å². The number of halogens is 2. The van der Waals surface area contributed by atoms with Crippen molar-refractivity contribution in [2.24, 2.45) is 0 Å². The van der Waals surface area contributed by atoms with Gasteiger partial charge in [-0.3, -0.25) is 0 Å². The van der Waals surface area contributed by atoms with Crippen LogP contribution in [0.1, 0.15) is 25.0 Å². The maximum absolute atomic E-state index is 6.30. The van der Waals surface area contributed by atoms with E-state index >= 15 is 0 Å². The zero-order chi connectivity index (χ0) is 30.1. The van der Waals surface area contributed by atoms with Gasteiger partial charge < -0.3 is 18.9 Å². The number of hydrogen-bond donors (Lipinski definition) is 0. The molecule has 0 aliphatic heterocycles. The first-order valence-electron chi connectivity index (χ1n) is 13.6. The molecule has 43 heavy (non-hydrogen) atoms. The second-order valence-corrected chi connectivity index (χ2v) is 11.3. The van der Waals surface area contributed by atoms with Crippen molar-refractivity contribution >= 4 is 45.0 Å². The van der Waals surface area contributed by atoms with Gasteiger partial charge in [0, 0.05) is 28.3 Å². The number of aromatic nitrogens is 2. The summed E-state index contributed by atoms with van der Waals surface area (Å²) in [5.74, 6) is 3.87. The highest BCUT2D eigenvalue weighted by Crippen LogP contribution is 2.39. The van der Waals surface area contributed by atoms with E-state index in [1.54, 1.807) is 26.4 Å². The number of ether oxygens (including phenoxy) is 4. The van der Waals surface area contributed by atoms with Crippen LogP contribution in [0, 0.1) is 0 Å². The van der Waals surface area contributed by atoms with Gasteiger partial charge >= 0.3 is 0 Å². The quantitative estimate of drug-likeness (QED) is 0.160. The Morgan fingerprint density at radius 3 is 1.30 bits per heavy atom. The van der Waals surface area contributed by atoms with E-state index in [1.165, 1.54) is 0 Å². The summed E-state index contributed by atoms with van der Waals surface area (Å²) in [6, 6.07) is 30.9. The lowest BCUT2D eigenvalue weighted by molar-refractivity contribution is 0.418. The molecule has 8 heteroatoms. The van der Waals surface area contributed by atoms with Crippen molar-refractivity contribution in [3.8, 4) is 34.5 Å². The summed E-state index contributed by atoms with van der Waals surface area (Å²) >= 11 is 12.6. The topological polar surface area (TPSA) is 62.7 Å². The van der Waals surface area contributed by atoms with Gasteiger partial charge in [-0.05, 0) is 59.7 Å². The summed E-state index contributed by atoms with van der Waals surface area (Å²) in [7, 11) is 3.21. The minimum Gasteiger partial charge on any atom is -0.494 e. The molecule has 0 saturated heterocycles. The standard InChI is InChI=1S/C35H28Cl2N2O4/c1-35(2,21-11-15-23(16-12-21)42-29-19-31(36)38-33-25(29)7-5-9-27(33)40-3)22-13-17-24(18-14-22)43-30-20-32(37)39-34-26(30)8-6-10-28(34)41-4/h5-20H,1-4H3. The van der Waals surface area contributed by atoms with E-state index in [1.807, 2.05) is 60.7 Å². The number of benzene rings is 4. The van der Waals surface area contributed by atoms with E-state index in [0.29, 0.717) is 55.8 Å². The van der Waals surface area contributed by atoms with Gasteiger partial charge in [0.05, 0.1) is 14.2 Å². The highest BCUT2D eigenvalue weighted by atomic mass is 35.5. The molecule has 0 unspecified atom stereocenters. The highest BCUT2D eigenvalue weighted by Gasteiger charge is 2.23. The molecule has 216 valence electrons. The smallest absolute Gasteiger partial charge is 0.145 e. The van der Waals surface area contributed by atoms with Gasteiger partial charge in [0.1, 0.15) is 55.8 Å². The minimum absolute atomic E-state index is 0.281. The van der Waals surface area contributed by atoms with Crippen LogP contribution in [-0.4, -0.2) is 24.2 Å². The summed E-state index contributed by atoms with van der Waals surface area (Å²) in [5.41, 5.74) is 3.28. The van der Waals surface area contributed by atoms with Crippen molar-refractivity contribution in [1.29, 1.82) is 0 Å². The lowest BCUT2D eigenvalue weighted by Gasteiger charge is -2.26. The van der Waals surface area contributed by atoms with Crippen molar-refractivity contribution < 1.29 is 18.9 Å². The molecule has 0 fully saturated rings. The fourth-order valence-corrected chi connectivity index (χ4v) is 5.49. The molecule has 2 heterocycles. The highest BCUT2D eigenvalue weighted by molar-refractivity contribution is 6.30. The first kappa shape index (κ1) is 28.6. The Hall–Kier alpha value is -4.52. The number of hydrogen-bond acceptors (Lipinski definition) is 6. The van der Waals surface area contributed by atoms with Crippen LogP contribution in [0.25, 0.3) is 21.8 Å². The van der Waals surface area contributed by atoms with Gasteiger partial charge in [-0.15, -0.1) is 0 Å². The molecule has 0 saturated carbocycles. The summed E-state index contributed by atoms with van der Waals surface area (Å²) in [4.78, 5) is 8.84. The molecule has 0 amide bonds. The Morgan fingerprint density at radius 1 is 0.535 bits per heavy atom. The third-order valence-corrected chi connectivity index (χ3v) is 7.90. The van der Waals surface area contributed by atoms with Crippen molar-refractivity contribution in [3.63, 3.8) is 0 Å². The molecule has 2 aromatic heterocycles. The molecule has 0 radical (unpaired) electrons. The van der Waals surface area contributed by atoms with E-state index < -0.39 is 0 Å². The molecule has 0 bridgehead atoms. The molecule has 0 aliphatic rings. The van der Waals surface area contributed by atoms with Crippen LogP contribution in [0.5, 0.6) is 34.5 Å². The van der Waals surface area contributed by atoms with E-state index in [2.05, 4.69) is 48.1 Å². The second-order valence-electron chi connectivity index (χ2n) is 10.5. The lowest BCUT2D eigenvalue weighted by atomic mass is 9.78. The summed E-state index contributed by atoms with van der Waals surface area (Å²) in [6.07, 6.45) is 0. The Bertz CT molecular complexity index is 1800. The van der Waals surface area contributed by atoms with Crippen molar-refractivity contribution in [1.82, 2.24) is 9.97 Å². The van der Waals surface area contributed by atoms with Gasteiger partial charge in [-0.25, -0.2) is 9.97 Å². The Morgan fingerprint density at radius 2 is 0.930 bits per heavy atom. The molecular weight excluding hydrogens is 583 g/mol. The summed E-state index contributed by atoms with van der Waals surface area (Å²) in [5, 5.41) is 2.29. The van der Waals surface area contributed by atoms with Crippen LogP contribution in [0.15, 0.2) is 97.1 Å². The van der Waals surface area contributed by atoms with Crippen LogP contribution in [0.2, 0.25) is 10.3 Å². The van der Waals surface area contributed by atoms with E-state index in [4.69, 9.17) is 42.1 Å². The SMILES string of the molecule is COc1cccc2c(Oc3ccc(C(C)(C)c4ccc(Oc5cc(Cl)nc6c(OC)cccc56)cc4)cc3)cc(Cl)nc12. The Labute approximate surface area is 259 Å². The molecule has 0 aliphatic carbocycles. The Kier molecular flexibility index (Phi) is 7.74. The van der Waals surface area contributed by atoms with Crippen LogP contribution >= 0.6 is 23.2 Å². The van der Waals surface area contributed by atoms with Gasteiger partial charge in [0.25, 0.3) is 0 Å². The molecule has 6 nitrogen and oxygen atoms in total. The average Bonchev–Trinajstić information content (AvgIpc) is 3.01. The first-order valence-corrected chi connectivity index (χ1v) is 14.4. The van der Waals surface area contributed by atoms with Crippen molar-refractivity contribution in [2.45, 2.75) is 19.3 Å². The lowest BCUT2D eigenvalue weighted by Crippen LogP contribution is -2.18. The van der Waals surface area contributed by atoms with Crippen molar-refractivity contribution in [2.75, 3.05) is 14.2 Å². The minimum atomic E-state index is -0.281. The van der Waals surface area contributed by atoms with Gasteiger partial charge in [0.2, 0.25) is 0 Å². The third kappa shape index (κ3) is 5.64. The summed E-state index contributed by atoms with van der Waals surface area (Å²) in [6.45, 7) is 4.37. The molecular formula is C35H28Cl2N2O4. The van der Waals surface area contributed by atoms with Crippen LogP contribution in [-0.2, 0) is 5.41 Å². The first-order chi connectivity index (χ1) is 20.8. The number of fused-ring (bicyclic) bond motifs is 2. The fourth-order valence-electron chi connectivity index (χ4n) is 5.12. The monoisotopic (exact) mass is 610 g/mol. The predicted molar refractivity (Wildman–Crippen MR) is 172 cm³/mol.